The Bertz CT molecular complexity index is 609. The lowest BCUT2D eigenvalue weighted by Gasteiger charge is -2.07. The number of rotatable bonds is 6. The second-order valence-electron chi connectivity index (χ2n) is 4.38. The van der Waals surface area contributed by atoms with Crippen LogP contribution >= 0.6 is 11.8 Å². The van der Waals surface area contributed by atoms with E-state index in [0.29, 0.717) is 11.6 Å². The van der Waals surface area contributed by atoms with Gasteiger partial charge in [-0.25, -0.2) is 4.98 Å². The third-order valence-corrected chi connectivity index (χ3v) is 3.76. The molecular weight excluding hydrogens is 272 g/mol. The van der Waals surface area contributed by atoms with Gasteiger partial charge in [0.2, 0.25) is 5.95 Å². The molecule has 1 aromatic carbocycles. The van der Waals surface area contributed by atoms with E-state index in [0.717, 1.165) is 29.3 Å². The molecule has 0 aliphatic heterocycles. The summed E-state index contributed by atoms with van der Waals surface area (Å²) < 4.78 is 0. The van der Waals surface area contributed by atoms with E-state index >= 15 is 0 Å². The first kappa shape index (κ1) is 14.5. The minimum Gasteiger partial charge on any atom is -0.399 e. The molecule has 0 radical (unpaired) electrons. The van der Waals surface area contributed by atoms with Crippen molar-refractivity contribution < 1.29 is 0 Å². The van der Waals surface area contributed by atoms with E-state index in [9.17, 15) is 4.79 Å². The van der Waals surface area contributed by atoms with E-state index in [1.54, 1.807) is 23.9 Å². The summed E-state index contributed by atoms with van der Waals surface area (Å²) in [6, 6.07) is 8.81. The van der Waals surface area contributed by atoms with Crippen LogP contribution in [0, 0.1) is 0 Å². The highest BCUT2D eigenvalue weighted by Crippen LogP contribution is 2.15. The molecule has 2 rings (SSSR count). The SMILES string of the molecule is CCCSCc1cc(=O)[nH]c(Nc2ccc(N)cc2)n1. The molecule has 6 heteroatoms. The Morgan fingerprint density at radius 1 is 1.35 bits per heavy atom. The molecule has 0 saturated carbocycles. The zero-order valence-corrected chi connectivity index (χ0v) is 12.2. The molecule has 1 heterocycles. The number of aromatic nitrogens is 2. The van der Waals surface area contributed by atoms with Crippen molar-refractivity contribution in [1.82, 2.24) is 9.97 Å². The number of hydrogen-bond acceptors (Lipinski definition) is 5. The van der Waals surface area contributed by atoms with Crippen LogP contribution in [0.15, 0.2) is 35.1 Å². The fraction of sp³-hybridized carbons (Fsp3) is 0.286. The summed E-state index contributed by atoms with van der Waals surface area (Å²) in [4.78, 5) is 18.7. The monoisotopic (exact) mass is 290 g/mol. The summed E-state index contributed by atoms with van der Waals surface area (Å²) in [7, 11) is 0. The second-order valence-corrected chi connectivity index (χ2v) is 5.49. The Labute approximate surface area is 122 Å². The third-order valence-electron chi connectivity index (χ3n) is 2.57. The molecule has 0 fully saturated rings. The van der Waals surface area contributed by atoms with Gasteiger partial charge in [0.15, 0.2) is 0 Å². The number of nitrogens with zero attached hydrogens (tertiary/aromatic N) is 1. The molecule has 0 amide bonds. The van der Waals surface area contributed by atoms with Crippen LogP contribution in [0.1, 0.15) is 19.0 Å². The topological polar surface area (TPSA) is 83.8 Å². The molecule has 106 valence electrons. The van der Waals surface area contributed by atoms with Gasteiger partial charge in [-0.15, -0.1) is 0 Å². The van der Waals surface area contributed by atoms with Crippen LogP contribution in [0.5, 0.6) is 0 Å². The lowest BCUT2D eigenvalue weighted by Crippen LogP contribution is -2.11. The van der Waals surface area contributed by atoms with E-state index in [-0.39, 0.29) is 5.56 Å². The van der Waals surface area contributed by atoms with Crippen molar-refractivity contribution in [1.29, 1.82) is 0 Å². The molecule has 0 spiro atoms. The van der Waals surface area contributed by atoms with Crippen LogP contribution in [0.2, 0.25) is 0 Å². The van der Waals surface area contributed by atoms with Gasteiger partial charge in [0.1, 0.15) is 0 Å². The zero-order valence-electron chi connectivity index (χ0n) is 11.3. The number of benzene rings is 1. The van der Waals surface area contributed by atoms with Crippen LogP contribution in [0.4, 0.5) is 17.3 Å². The lowest BCUT2D eigenvalue weighted by atomic mass is 10.3. The van der Waals surface area contributed by atoms with E-state index in [4.69, 9.17) is 5.73 Å². The summed E-state index contributed by atoms with van der Waals surface area (Å²) in [5.41, 5.74) is 7.80. The quantitative estimate of drug-likeness (QED) is 0.563. The van der Waals surface area contributed by atoms with Crippen molar-refractivity contribution in [3.63, 3.8) is 0 Å². The first-order valence-corrected chi connectivity index (χ1v) is 7.63. The minimum absolute atomic E-state index is 0.148. The number of nitrogen functional groups attached to an aromatic ring is 1. The van der Waals surface area contributed by atoms with Gasteiger partial charge < -0.3 is 11.1 Å². The molecule has 2 aromatic rings. The van der Waals surface area contributed by atoms with Gasteiger partial charge in [-0.3, -0.25) is 9.78 Å². The van der Waals surface area contributed by atoms with Crippen molar-refractivity contribution >= 4 is 29.1 Å². The summed E-state index contributed by atoms with van der Waals surface area (Å²) in [6.45, 7) is 2.13. The number of hydrogen-bond donors (Lipinski definition) is 3. The maximum absolute atomic E-state index is 11.6. The van der Waals surface area contributed by atoms with Gasteiger partial charge in [-0.05, 0) is 36.4 Å². The van der Waals surface area contributed by atoms with Crippen molar-refractivity contribution in [2.75, 3.05) is 16.8 Å². The van der Waals surface area contributed by atoms with Gasteiger partial charge >= 0.3 is 0 Å². The van der Waals surface area contributed by atoms with E-state index in [1.807, 2.05) is 12.1 Å². The molecule has 0 saturated heterocycles. The van der Waals surface area contributed by atoms with Crippen molar-refractivity contribution in [3.8, 4) is 0 Å². The summed E-state index contributed by atoms with van der Waals surface area (Å²) in [6.07, 6.45) is 1.12. The first-order chi connectivity index (χ1) is 9.67. The maximum Gasteiger partial charge on any atom is 0.252 e. The third kappa shape index (κ3) is 4.31. The summed E-state index contributed by atoms with van der Waals surface area (Å²) in [5.74, 6) is 2.26. The molecule has 0 aliphatic carbocycles. The fourth-order valence-electron chi connectivity index (χ4n) is 1.67. The second kappa shape index (κ2) is 7.00. The number of anilines is 3. The predicted molar refractivity (Wildman–Crippen MR) is 85.4 cm³/mol. The normalized spacial score (nSPS) is 10.4. The number of aromatic amines is 1. The molecule has 0 bridgehead atoms. The summed E-state index contributed by atoms with van der Waals surface area (Å²) >= 11 is 1.77. The number of nitrogens with two attached hydrogens (primary N) is 1. The van der Waals surface area contributed by atoms with E-state index in [2.05, 4.69) is 22.2 Å². The molecule has 0 atom stereocenters. The Balaban J connectivity index is 2.11. The van der Waals surface area contributed by atoms with Gasteiger partial charge in [-0.2, -0.15) is 11.8 Å². The van der Waals surface area contributed by atoms with Gasteiger partial charge in [0, 0.05) is 23.2 Å². The van der Waals surface area contributed by atoms with Crippen LogP contribution in [0.25, 0.3) is 0 Å². The standard InChI is InChI=1S/C14H18N4OS/c1-2-7-20-9-12-8-13(19)18-14(17-12)16-11-5-3-10(15)4-6-11/h3-6,8H,2,7,9,15H2,1H3,(H2,16,17,18,19). The Morgan fingerprint density at radius 3 is 2.80 bits per heavy atom. The summed E-state index contributed by atoms with van der Waals surface area (Å²) in [5, 5.41) is 3.07. The van der Waals surface area contributed by atoms with Gasteiger partial charge in [-0.1, -0.05) is 6.92 Å². The Hall–Kier alpha value is -1.95. The molecule has 4 N–H and O–H groups in total. The van der Waals surface area contributed by atoms with Gasteiger partial charge in [0.25, 0.3) is 5.56 Å². The Kier molecular flexibility index (Phi) is 5.06. The number of H-pyrrole nitrogens is 1. The minimum atomic E-state index is -0.148. The smallest absolute Gasteiger partial charge is 0.252 e. The van der Waals surface area contributed by atoms with Crippen molar-refractivity contribution in [2.45, 2.75) is 19.1 Å². The average molecular weight is 290 g/mol. The molecular formula is C14H18N4OS. The van der Waals surface area contributed by atoms with Crippen LogP contribution in [-0.4, -0.2) is 15.7 Å². The highest BCUT2D eigenvalue weighted by atomic mass is 32.2. The molecule has 20 heavy (non-hydrogen) atoms. The van der Waals surface area contributed by atoms with Gasteiger partial charge in [0.05, 0.1) is 5.69 Å². The predicted octanol–water partition coefficient (Wildman–Crippen LogP) is 2.74. The van der Waals surface area contributed by atoms with Crippen LogP contribution < -0.4 is 16.6 Å². The van der Waals surface area contributed by atoms with Crippen molar-refractivity contribution in [3.05, 3.63) is 46.4 Å². The highest BCUT2D eigenvalue weighted by molar-refractivity contribution is 7.98. The molecule has 0 aliphatic rings. The lowest BCUT2D eigenvalue weighted by molar-refractivity contribution is 1.05. The zero-order chi connectivity index (χ0) is 14.4. The highest BCUT2D eigenvalue weighted by Gasteiger charge is 2.02. The molecule has 0 unspecified atom stereocenters. The van der Waals surface area contributed by atoms with Crippen LogP contribution in [-0.2, 0) is 5.75 Å². The van der Waals surface area contributed by atoms with Crippen molar-refractivity contribution in [2.24, 2.45) is 0 Å². The number of thioether (sulfide) groups is 1. The average Bonchev–Trinajstić information content (AvgIpc) is 2.41. The molecule has 5 nitrogen and oxygen atoms in total. The fourth-order valence-corrected chi connectivity index (χ4v) is 2.46. The molecule has 1 aromatic heterocycles. The first-order valence-electron chi connectivity index (χ1n) is 6.48. The maximum atomic E-state index is 11.6. The number of nitrogens with one attached hydrogen (secondary N) is 2. The van der Waals surface area contributed by atoms with E-state index in [1.165, 1.54) is 6.07 Å². The van der Waals surface area contributed by atoms with Crippen LogP contribution in [0.3, 0.4) is 0 Å². The Morgan fingerprint density at radius 2 is 2.10 bits per heavy atom. The van der Waals surface area contributed by atoms with E-state index < -0.39 is 0 Å². The largest absolute Gasteiger partial charge is 0.399 e.